The molecule has 0 aromatic heterocycles. The lowest BCUT2D eigenvalue weighted by Gasteiger charge is -2.15. The van der Waals surface area contributed by atoms with Gasteiger partial charge in [0.1, 0.15) is 5.41 Å². The molecule has 2 aliphatic carbocycles. The molecule has 0 aliphatic heterocycles. The van der Waals surface area contributed by atoms with E-state index in [1.165, 1.54) is 32.8 Å². The molecule has 1 amide bonds. The van der Waals surface area contributed by atoms with Crippen LogP contribution in [0.25, 0.3) is 0 Å². The molecule has 0 saturated heterocycles. The maximum Gasteiger partial charge on any atom is 0.321 e. The number of amides is 1. The SMILES string of the molecule is COC(=O)C1(C(=O)NCC2CCCC2)CC1. The lowest BCUT2D eigenvalue weighted by molar-refractivity contribution is -0.152. The molecule has 0 spiro atoms. The van der Waals surface area contributed by atoms with Crippen molar-refractivity contribution in [1.29, 1.82) is 0 Å². The summed E-state index contributed by atoms with van der Waals surface area (Å²) in [4.78, 5) is 23.3. The minimum absolute atomic E-state index is 0.133. The number of esters is 1. The van der Waals surface area contributed by atoms with Crippen molar-refractivity contribution in [3.63, 3.8) is 0 Å². The quantitative estimate of drug-likeness (QED) is 0.578. The molecule has 0 atom stereocenters. The van der Waals surface area contributed by atoms with E-state index in [9.17, 15) is 9.59 Å². The largest absolute Gasteiger partial charge is 0.468 e. The summed E-state index contributed by atoms with van der Waals surface area (Å²) in [5.41, 5.74) is -0.840. The van der Waals surface area contributed by atoms with Crippen molar-refractivity contribution >= 4 is 11.9 Å². The molecule has 1 N–H and O–H groups in total. The monoisotopic (exact) mass is 225 g/mol. The first kappa shape index (κ1) is 11.4. The van der Waals surface area contributed by atoms with Gasteiger partial charge in [0.05, 0.1) is 7.11 Å². The lowest BCUT2D eigenvalue weighted by atomic mass is 10.1. The second-order valence-corrected chi connectivity index (χ2v) is 4.93. The van der Waals surface area contributed by atoms with Gasteiger partial charge in [-0.05, 0) is 31.6 Å². The number of rotatable bonds is 4. The van der Waals surface area contributed by atoms with Crippen LogP contribution in [-0.2, 0) is 14.3 Å². The van der Waals surface area contributed by atoms with E-state index in [1.807, 2.05) is 0 Å². The number of carbonyl (C=O) groups is 2. The van der Waals surface area contributed by atoms with Crippen LogP contribution in [0.4, 0.5) is 0 Å². The summed E-state index contributed by atoms with van der Waals surface area (Å²) in [7, 11) is 1.34. The fraction of sp³-hybridized carbons (Fsp3) is 0.833. The van der Waals surface area contributed by atoms with Crippen LogP contribution in [0, 0.1) is 11.3 Å². The Labute approximate surface area is 95.7 Å². The molecule has 0 heterocycles. The van der Waals surface area contributed by atoms with E-state index < -0.39 is 5.41 Å². The van der Waals surface area contributed by atoms with Crippen molar-refractivity contribution in [3.8, 4) is 0 Å². The summed E-state index contributed by atoms with van der Waals surface area (Å²) in [6.07, 6.45) is 6.20. The van der Waals surface area contributed by atoms with E-state index in [2.05, 4.69) is 10.1 Å². The third-order valence-electron chi connectivity index (χ3n) is 3.79. The van der Waals surface area contributed by atoms with Gasteiger partial charge in [-0.25, -0.2) is 0 Å². The molecule has 2 aliphatic rings. The lowest BCUT2D eigenvalue weighted by Crippen LogP contribution is -2.39. The Morgan fingerprint density at radius 1 is 1.31 bits per heavy atom. The van der Waals surface area contributed by atoms with Gasteiger partial charge in [-0.2, -0.15) is 0 Å². The minimum atomic E-state index is -0.840. The van der Waals surface area contributed by atoms with E-state index in [-0.39, 0.29) is 11.9 Å². The van der Waals surface area contributed by atoms with Crippen molar-refractivity contribution in [1.82, 2.24) is 5.32 Å². The van der Waals surface area contributed by atoms with Gasteiger partial charge in [0.2, 0.25) is 5.91 Å². The standard InChI is InChI=1S/C12H19NO3/c1-16-11(15)12(6-7-12)10(14)13-8-9-4-2-3-5-9/h9H,2-8H2,1H3,(H,13,14). The normalized spacial score (nSPS) is 22.8. The molecule has 16 heavy (non-hydrogen) atoms. The van der Waals surface area contributed by atoms with Gasteiger partial charge in [-0.3, -0.25) is 9.59 Å². The summed E-state index contributed by atoms with van der Waals surface area (Å²) in [5, 5.41) is 2.90. The van der Waals surface area contributed by atoms with Crippen LogP contribution in [0.3, 0.4) is 0 Å². The number of hydrogen-bond donors (Lipinski definition) is 1. The third kappa shape index (κ3) is 2.06. The van der Waals surface area contributed by atoms with Gasteiger partial charge in [-0.1, -0.05) is 12.8 Å². The van der Waals surface area contributed by atoms with Gasteiger partial charge >= 0.3 is 5.97 Å². The zero-order valence-electron chi connectivity index (χ0n) is 9.75. The Morgan fingerprint density at radius 2 is 1.94 bits per heavy atom. The Hall–Kier alpha value is -1.06. The van der Waals surface area contributed by atoms with Crippen LogP contribution in [0.2, 0.25) is 0 Å². The summed E-state index contributed by atoms with van der Waals surface area (Å²) in [6.45, 7) is 0.720. The average Bonchev–Trinajstić information content (AvgIpc) is 2.95. The van der Waals surface area contributed by atoms with Crippen molar-refractivity contribution in [2.75, 3.05) is 13.7 Å². The van der Waals surface area contributed by atoms with E-state index in [4.69, 9.17) is 0 Å². The van der Waals surface area contributed by atoms with Crippen LogP contribution < -0.4 is 5.32 Å². The van der Waals surface area contributed by atoms with Gasteiger partial charge in [-0.15, -0.1) is 0 Å². The number of ether oxygens (including phenoxy) is 1. The van der Waals surface area contributed by atoms with Gasteiger partial charge in [0, 0.05) is 6.54 Å². The first-order chi connectivity index (χ1) is 7.69. The number of hydrogen-bond acceptors (Lipinski definition) is 3. The van der Waals surface area contributed by atoms with Crippen LogP contribution in [0.5, 0.6) is 0 Å². The molecule has 90 valence electrons. The Balaban J connectivity index is 1.81. The van der Waals surface area contributed by atoms with Crippen molar-refractivity contribution in [3.05, 3.63) is 0 Å². The number of nitrogens with one attached hydrogen (secondary N) is 1. The van der Waals surface area contributed by atoms with Gasteiger partial charge < -0.3 is 10.1 Å². The van der Waals surface area contributed by atoms with Crippen LogP contribution in [0.15, 0.2) is 0 Å². The summed E-state index contributed by atoms with van der Waals surface area (Å²) < 4.78 is 4.67. The smallest absolute Gasteiger partial charge is 0.321 e. The van der Waals surface area contributed by atoms with E-state index in [0.717, 1.165) is 6.54 Å². The maximum atomic E-state index is 11.9. The third-order valence-corrected chi connectivity index (χ3v) is 3.79. The fourth-order valence-electron chi connectivity index (χ4n) is 2.46. The van der Waals surface area contributed by atoms with E-state index >= 15 is 0 Å². The van der Waals surface area contributed by atoms with Crippen molar-refractivity contribution in [2.45, 2.75) is 38.5 Å². The zero-order valence-corrected chi connectivity index (χ0v) is 9.75. The highest BCUT2D eigenvalue weighted by atomic mass is 16.5. The first-order valence-electron chi connectivity index (χ1n) is 6.06. The fourth-order valence-corrected chi connectivity index (χ4v) is 2.46. The molecule has 0 radical (unpaired) electrons. The second kappa shape index (κ2) is 4.44. The highest BCUT2D eigenvalue weighted by molar-refractivity contribution is 6.05. The summed E-state index contributed by atoms with van der Waals surface area (Å²) in [5.74, 6) is 0.0973. The van der Waals surface area contributed by atoms with Crippen LogP contribution in [-0.4, -0.2) is 25.5 Å². The molecule has 2 saturated carbocycles. The molecule has 0 aromatic carbocycles. The van der Waals surface area contributed by atoms with Gasteiger partial charge in [0.25, 0.3) is 0 Å². The molecule has 2 fully saturated rings. The molecule has 0 bridgehead atoms. The summed E-state index contributed by atoms with van der Waals surface area (Å²) >= 11 is 0. The molecule has 4 heteroatoms. The molecular weight excluding hydrogens is 206 g/mol. The highest BCUT2D eigenvalue weighted by Crippen LogP contribution is 2.47. The predicted molar refractivity (Wildman–Crippen MR) is 58.7 cm³/mol. The van der Waals surface area contributed by atoms with Crippen LogP contribution >= 0.6 is 0 Å². The minimum Gasteiger partial charge on any atom is -0.468 e. The topological polar surface area (TPSA) is 55.4 Å². The number of methoxy groups -OCH3 is 1. The van der Waals surface area contributed by atoms with E-state index in [1.54, 1.807) is 0 Å². The second-order valence-electron chi connectivity index (χ2n) is 4.93. The molecule has 4 nitrogen and oxygen atoms in total. The molecule has 0 unspecified atom stereocenters. The molecule has 2 rings (SSSR count). The predicted octanol–water partition coefficient (Wildman–Crippen LogP) is 1.25. The number of carbonyl (C=O) groups excluding carboxylic acids is 2. The van der Waals surface area contributed by atoms with Crippen molar-refractivity contribution in [2.24, 2.45) is 11.3 Å². The van der Waals surface area contributed by atoms with Crippen molar-refractivity contribution < 1.29 is 14.3 Å². The van der Waals surface area contributed by atoms with Crippen LogP contribution in [0.1, 0.15) is 38.5 Å². The molecule has 0 aromatic rings. The van der Waals surface area contributed by atoms with Gasteiger partial charge in [0.15, 0.2) is 0 Å². The molecular formula is C12H19NO3. The Kier molecular flexibility index (Phi) is 3.17. The zero-order chi connectivity index (χ0) is 11.6. The average molecular weight is 225 g/mol. The summed E-state index contributed by atoms with van der Waals surface area (Å²) in [6, 6.07) is 0. The maximum absolute atomic E-state index is 11.9. The highest BCUT2D eigenvalue weighted by Gasteiger charge is 2.57. The Morgan fingerprint density at radius 3 is 2.44 bits per heavy atom. The first-order valence-corrected chi connectivity index (χ1v) is 6.06. The Bertz CT molecular complexity index is 291. The van der Waals surface area contributed by atoms with E-state index in [0.29, 0.717) is 18.8 Å².